The lowest BCUT2D eigenvalue weighted by Gasteiger charge is -2.11. The van der Waals surface area contributed by atoms with E-state index in [0.717, 1.165) is 54.2 Å². The Morgan fingerprint density at radius 1 is 0.413 bits per heavy atom. The van der Waals surface area contributed by atoms with Crippen LogP contribution >= 0.6 is 11.3 Å². The third-order valence-electron chi connectivity index (χ3n) is 8.28. The zero-order valence-electron chi connectivity index (χ0n) is 24.6. The Bertz CT molecular complexity index is 2480. The molecule has 0 saturated heterocycles. The summed E-state index contributed by atoms with van der Waals surface area (Å²) in [6.45, 7) is 0. The van der Waals surface area contributed by atoms with E-state index in [2.05, 4.69) is 108 Å². The number of thiazole rings is 1. The van der Waals surface area contributed by atoms with Crippen LogP contribution in [-0.4, -0.2) is 24.5 Å². The van der Waals surface area contributed by atoms with E-state index in [0.29, 0.717) is 17.5 Å². The van der Waals surface area contributed by atoms with Gasteiger partial charge in [0.25, 0.3) is 0 Å². The SMILES string of the molecule is c1ccc(-c2nc(-c3cccc(-n4c5ccccc5c5ccccc54)c3)nc(-c3ccc4nc(-c5ccccc5)sc4c3)n2)cc1. The lowest BCUT2D eigenvalue weighted by Crippen LogP contribution is -2.01. The normalized spacial score (nSPS) is 11.5. The fraction of sp³-hybridized carbons (Fsp3) is 0. The van der Waals surface area contributed by atoms with Gasteiger partial charge < -0.3 is 4.57 Å². The summed E-state index contributed by atoms with van der Waals surface area (Å²) in [7, 11) is 0. The predicted octanol–water partition coefficient (Wildman–Crippen LogP) is 10.2. The molecule has 9 rings (SSSR count). The van der Waals surface area contributed by atoms with Gasteiger partial charge in [0.15, 0.2) is 17.5 Å². The van der Waals surface area contributed by atoms with Crippen molar-refractivity contribution < 1.29 is 0 Å². The van der Waals surface area contributed by atoms with Gasteiger partial charge in [-0.1, -0.05) is 109 Å². The molecule has 0 atom stereocenters. The molecule has 0 spiro atoms. The Hall–Kier alpha value is -5.98. The first kappa shape index (κ1) is 26.4. The summed E-state index contributed by atoms with van der Waals surface area (Å²) in [6, 6.07) is 52.2. The van der Waals surface area contributed by atoms with Gasteiger partial charge in [-0.2, -0.15) is 0 Å². The maximum atomic E-state index is 5.07. The van der Waals surface area contributed by atoms with Crippen LogP contribution in [0.25, 0.3) is 82.4 Å². The minimum Gasteiger partial charge on any atom is -0.309 e. The van der Waals surface area contributed by atoms with Crippen molar-refractivity contribution in [2.24, 2.45) is 0 Å². The summed E-state index contributed by atoms with van der Waals surface area (Å²) >= 11 is 1.68. The summed E-state index contributed by atoms with van der Waals surface area (Å²) < 4.78 is 3.41. The molecule has 0 bridgehead atoms. The van der Waals surface area contributed by atoms with Gasteiger partial charge in [-0.05, 0) is 42.5 Å². The molecule has 3 heterocycles. The smallest absolute Gasteiger partial charge is 0.164 e. The molecule has 0 radical (unpaired) electrons. The van der Waals surface area contributed by atoms with E-state index in [4.69, 9.17) is 19.9 Å². The Morgan fingerprint density at radius 2 is 0.957 bits per heavy atom. The van der Waals surface area contributed by atoms with Crippen molar-refractivity contribution in [2.45, 2.75) is 0 Å². The van der Waals surface area contributed by atoms with Crippen molar-refractivity contribution in [3.8, 4) is 50.4 Å². The van der Waals surface area contributed by atoms with E-state index < -0.39 is 0 Å². The molecule has 3 aromatic heterocycles. The molecule has 6 aromatic carbocycles. The Morgan fingerprint density at radius 3 is 1.63 bits per heavy atom. The third kappa shape index (κ3) is 4.55. The lowest BCUT2D eigenvalue weighted by atomic mass is 10.1. The molecule has 0 saturated carbocycles. The highest BCUT2D eigenvalue weighted by Gasteiger charge is 2.16. The quantitative estimate of drug-likeness (QED) is 0.195. The molecule has 0 aliphatic heterocycles. The Kier molecular flexibility index (Phi) is 6.25. The Balaban J connectivity index is 1.20. The second-order valence-electron chi connectivity index (χ2n) is 11.2. The summed E-state index contributed by atoms with van der Waals surface area (Å²) in [5.74, 6) is 1.89. The van der Waals surface area contributed by atoms with Gasteiger partial charge in [-0.15, -0.1) is 11.3 Å². The van der Waals surface area contributed by atoms with E-state index in [1.807, 2.05) is 48.5 Å². The van der Waals surface area contributed by atoms with Gasteiger partial charge >= 0.3 is 0 Å². The molecule has 5 nitrogen and oxygen atoms in total. The molecule has 46 heavy (non-hydrogen) atoms. The number of para-hydroxylation sites is 2. The molecule has 0 unspecified atom stereocenters. The highest BCUT2D eigenvalue weighted by atomic mass is 32.1. The fourth-order valence-corrected chi connectivity index (χ4v) is 7.11. The minimum atomic E-state index is 0.626. The van der Waals surface area contributed by atoms with Crippen LogP contribution in [0.5, 0.6) is 0 Å². The molecule has 9 aromatic rings. The van der Waals surface area contributed by atoms with Crippen LogP contribution < -0.4 is 0 Å². The average molecular weight is 608 g/mol. The third-order valence-corrected chi connectivity index (χ3v) is 9.34. The van der Waals surface area contributed by atoms with Crippen LogP contribution in [0.1, 0.15) is 0 Å². The molecule has 0 N–H and O–H groups in total. The van der Waals surface area contributed by atoms with Crippen molar-refractivity contribution >= 4 is 43.4 Å². The number of nitrogens with zero attached hydrogens (tertiary/aromatic N) is 5. The van der Waals surface area contributed by atoms with Crippen LogP contribution in [-0.2, 0) is 0 Å². The van der Waals surface area contributed by atoms with Crippen LogP contribution in [0.15, 0.2) is 152 Å². The van der Waals surface area contributed by atoms with Gasteiger partial charge in [-0.3, -0.25) is 0 Å². The van der Waals surface area contributed by atoms with Crippen molar-refractivity contribution in [3.63, 3.8) is 0 Å². The zero-order valence-corrected chi connectivity index (χ0v) is 25.4. The monoisotopic (exact) mass is 607 g/mol. The van der Waals surface area contributed by atoms with Crippen LogP contribution in [0.3, 0.4) is 0 Å². The van der Waals surface area contributed by atoms with Crippen molar-refractivity contribution in [3.05, 3.63) is 152 Å². The molecule has 6 heteroatoms. The number of rotatable bonds is 5. The fourth-order valence-electron chi connectivity index (χ4n) is 6.10. The van der Waals surface area contributed by atoms with E-state index in [-0.39, 0.29) is 0 Å². The van der Waals surface area contributed by atoms with Gasteiger partial charge in [0.05, 0.1) is 21.3 Å². The van der Waals surface area contributed by atoms with Crippen LogP contribution in [0.4, 0.5) is 0 Å². The highest BCUT2D eigenvalue weighted by Crippen LogP contribution is 2.35. The predicted molar refractivity (Wildman–Crippen MR) is 189 cm³/mol. The first-order chi connectivity index (χ1) is 22.8. The minimum absolute atomic E-state index is 0.626. The topological polar surface area (TPSA) is 56.5 Å². The highest BCUT2D eigenvalue weighted by molar-refractivity contribution is 7.21. The van der Waals surface area contributed by atoms with Crippen molar-refractivity contribution in [1.82, 2.24) is 24.5 Å². The second kappa shape index (κ2) is 10.9. The number of fused-ring (bicyclic) bond motifs is 4. The molecule has 0 aliphatic carbocycles. The number of benzene rings is 6. The maximum absolute atomic E-state index is 5.07. The first-order valence-electron chi connectivity index (χ1n) is 15.2. The largest absolute Gasteiger partial charge is 0.309 e. The van der Waals surface area contributed by atoms with Crippen molar-refractivity contribution in [1.29, 1.82) is 0 Å². The number of hydrogen-bond acceptors (Lipinski definition) is 5. The molecular weight excluding hydrogens is 583 g/mol. The van der Waals surface area contributed by atoms with E-state index in [1.54, 1.807) is 11.3 Å². The standard InChI is InChI=1S/C40H25N5S/c1-3-12-26(13-4-1)37-42-38(44-39(43-37)29-22-23-33-36(25-29)46-40(41-33)27-14-5-2-6-15-27)28-16-11-17-30(24-28)45-34-20-9-7-18-31(34)32-19-8-10-21-35(32)45/h1-25H. The molecule has 0 fully saturated rings. The molecule has 0 aliphatic rings. The van der Waals surface area contributed by atoms with Crippen LogP contribution in [0.2, 0.25) is 0 Å². The molecular formula is C40H25N5S. The Labute approximate surface area is 269 Å². The second-order valence-corrected chi connectivity index (χ2v) is 12.2. The van der Waals surface area contributed by atoms with Crippen LogP contribution in [0, 0.1) is 0 Å². The van der Waals surface area contributed by atoms with Gasteiger partial charge in [-0.25, -0.2) is 19.9 Å². The van der Waals surface area contributed by atoms with E-state index in [1.165, 1.54) is 10.8 Å². The maximum Gasteiger partial charge on any atom is 0.164 e. The summed E-state index contributed by atoms with van der Waals surface area (Å²) in [5, 5.41) is 3.45. The lowest BCUT2D eigenvalue weighted by molar-refractivity contribution is 1.07. The van der Waals surface area contributed by atoms with Gasteiger partial charge in [0, 0.05) is 38.7 Å². The average Bonchev–Trinajstić information content (AvgIpc) is 3.71. The van der Waals surface area contributed by atoms with Gasteiger partial charge in [0.1, 0.15) is 5.01 Å². The summed E-state index contributed by atoms with van der Waals surface area (Å²) in [4.78, 5) is 20.0. The number of hydrogen-bond donors (Lipinski definition) is 0. The molecule has 0 amide bonds. The van der Waals surface area contributed by atoms with Crippen molar-refractivity contribution in [2.75, 3.05) is 0 Å². The van der Waals surface area contributed by atoms with Gasteiger partial charge in [0.2, 0.25) is 0 Å². The summed E-state index contributed by atoms with van der Waals surface area (Å²) in [6.07, 6.45) is 0. The molecule has 216 valence electrons. The number of aromatic nitrogens is 5. The van der Waals surface area contributed by atoms with E-state index >= 15 is 0 Å². The van der Waals surface area contributed by atoms with E-state index in [9.17, 15) is 0 Å². The summed E-state index contributed by atoms with van der Waals surface area (Å²) in [5.41, 5.74) is 8.24. The zero-order chi connectivity index (χ0) is 30.5. The first-order valence-corrected chi connectivity index (χ1v) is 16.0.